The molecule has 2 heterocycles. The number of rotatable bonds is 8. The van der Waals surface area contributed by atoms with Crippen LogP contribution in [0.1, 0.15) is 55.6 Å². The third-order valence-electron chi connectivity index (χ3n) is 9.40. The molecule has 0 aliphatic carbocycles. The van der Waals surface area contributed by atoms with Crippen LogP contribution in [0, 0.1) is 6.92 Å². The number of nitrogens with zero attached hydrogens (tertiary/aromatic N) is 2. The summed E-state index contributed by atoms with van der Waals surface area (Å²) in [6, 6.07) is 45.7. The Morgan fingerprint density at radius 2 is 1.02 bits per heavy atom. The van der Waals surface area contributed by atoms with Crippen molar-refractivity contribution >= 4 is 56.4 Å². The van der Waals surface area contributed by atoms with Gasteiger partial charge in [0.05, 0.1) is 22.2 Å². The molecule has 0 bridgehead atoms. The van der Waals surface area contributed by atoms with Gasteiger partial charge in [0.2, 0.25) is 0 Å². The summed E-state index contributed by atoms with van der Waals surface area (Å²) in [5.74, 6) is -0.275. The maximum atomic E-state index is 14.1. The van der Waals surface area contributed by atoms with Gasteiger partial charge in [-0.1, -0.05) is 97.6 Å². The molecule has 0 unspecified atom stereocenters. The van der Waals surface area contributed by atoms with E-state index in [1.807, 2.05) is 123 Å². The second-order valence-electron chi connectivity index (χ2n) is 12.6. The molecule has 0 spiro atoms. The number of para-hydroxylation sites is 3. The Morgan fingerprint density at radius 1 is 0.540 bits per heavy atom. The van der Waals surface area contributed by atoms with Crippen molar-refractivity contribution in [3.8, 4) is 11.4 Å². The van der Waals surface area contributed by atoms with Crippen LogP contribution < -0.4 is 0 Å². The molecule has 240 valence electrons. The van der Waals surface area contributed by atoms with Crippen molar-refractivity contribution in [2.24, 2.45) is 0 Å². The Kier molecular flexibility index (Phi) is 7.70. The van der Waals surface area contributed by atoms with Crippen LogP contribution in [0.5, 0.6) is 0 Å². The molecule has 0 atom stereocenters. The van der Waals surface area contributed by atoms with E-state index in [4.69, 9.17) is 0 Å². The fourth-order valence-electron chi connectivity index (χ4n) is 7.25. The van der Waals surface area contributed by atoms with Gasteiger partial charge in [-0.2, -0.15) is 0 Å². The molecule has 4 nitrogen and oxygen atoms in total. The summed E-state index contributed by atoms with van der Waals surface area (Å²) in [6.07, 6.45) is 5.96. The molecule has 4 heteroatoms. The molecule has 50 heavy (non-hydrogen) atoms. The highest BCUT2D eigenvalue weighted by Crippen LogP contribution is 2.34. The van der Waals surface area contributed by atoms with Crippen LogP contribution in [-0.2, 0) is 0 Å². The normalized spacial score (nSPS) is 11.6. The fourth-order valence-corrected chi connectivity index (χ4v) is 7.25. The number of aromatic nitrogens is 2. The summed E-state index contributed by atoms with van der Waals surface area (Å²) < 4.78 is 4.37. The van der Waals surface area contributed by atoms with E-state index >= 15 is 0 Å². The van der Waals surface area contributed by atoms with Gasteiger partial charge in [-0.25, -0.2) is 0 Å². The van der Waals surface area contributed by atoms with Crippen molar-refractivity contribution in [1.29, 1.82) is 0 Å². The van der Waals surface area contributed by atoms with Crippen LogP contribution in [0.4, 0.5) is 0 Å². The molecule has 0 amide bonds. The third kappa shape index (κ3) is 5.10. The summed E-state index contributed by atoms with van der Waals surface area (Å²) in [5.41, 5.74) is 9.91. The monoisotopic (exact) mass is 646 g/mol. The SMILES string of the molecule is C=Cc1c(/C=C\C)n(-c2cccc(C(=O)c3cc(C)cc(C(=O)c4cccc(-n5c6ccccc6c6ccccc65)c4)c3)c2)c2ccccc12. The maximum absolute atomic E-state index is 14.1. The van der Waals surface area contributed by atoms with Crippen LogP contribution in [0.25, 0.3) is 56.2 Å². The number of allylic oxidation sites excluding steroid dienone is 1. The van der Waals surface area contributed by atoms with Crippen LogP contribution in [0.2, 0.25) is 0 Å². The molecule has 8 rings (SSSR count). The van der Waals surface area contributed by atoms with E-state index in [2.05, 4.69) is 58.2 Å². The highest BCUT2D eigenvalue weighted by atomic mass is 16.1. The third-order valence-corrected chi connectivity index (χ3v) is 9.40. The predicted molar refractivity (Wildman–Crippen MR) is 207 cm³/mol. The van der Waals surface area contributed by atoms with Crippen LogP contribution in [-0.4, -0.2) is 20.7 Å². The molecule has 0 radical (unpaired) electrons. The molecule has 8 aromatic rings. The Morgan fingerprint density at radius 3 is 1.54 bits per heavy atom. The van der Waals surface area contributed by atoms with Gasteiger partial charge in [0.1, 0.15) is 0 Å². The standard InChI is InChI=1S/C46H34N2O2/c1-4-14-41-37(5-2)38-19-6-9-22-42(38)47(41)35-17-12-15-31(28-35)45(49)33-25-30(3)26-34(27-33)46(50)32-16-13-18-36(29-32)48-43-23-10-7-20-39(43)40-21-8-11-24-44(40)48/h4-29H,2H2,1,3H3/b14-4-. The Hall–Kier alpha value is -6.52. The lowest BCUT2D eigenvalue weighted by molar-refractivity contribution is 0.103. The summed E-state index contributed by atoms with van der Waals surface area (Å²) in [4.78, 5) is 28.2. The molecule has 0 aliphatic heterocycles. The number of carbonyl (C=O) groups excluding carboxylic acids is 2. The first-order chi connectivity index (χ1) is 24.5. The van der Waals surface area contributed by atoms with Gasteiger partial charge in [-0.05, 0) is 86.2 Å². The van der Waals surface area contributed by atoms with Gasteiger partial charge in [0, 0.05) is 55.4 Å². The molecule has 6 aromatic carbocycles. The summed E-state index contributed by atoms with van der Waals surface area (Å²) >= 11 is 0. The van der Waals surface area contributed by atoms with Crippen LogP contribution in [0.15, 0.2) is 152 Å². The van der Waals surface area contributed by atoms with Gasteiger partial charge in [-0.15, -0.1) is 0 Å². The second kappa shape index (κ2) is 12.5. The summed E-state index contributed by atoms with van der Waals surface area (Å²) in [5, 5.41) is 3.42. The zero-order valence-electron chi connectivity index (χ0n) is 27.9. The van der Waals surface area contributed by atoms with Gasteiger partial charge in [0.25, 0.3) is 0 Å². The number of hydrogen-bond acceptors (Lipinski definition) is 2. The van der Waals surface area contributed by atoms with Crippen LogP contribution in [0.3, 0.4) is 0 Å². The first-order valence-electron chi connectivity index (χ1n) is 16.8. The van der Waals surface area contributed by atoms with Crippen molar-refractivity contribution in [2.75, 3.05) is 0 Å². The van der Waals surface area contributed by atoms with Crippen molar-refractivity contribution < 1.29 is 9.59 Å². The van der Waals surface area contributed by atoms with Gasteiger partial charge in [-0.3, -0.25) is 9.59 Å². The lowest BCUT2D eigenvalue weighted by atomic mass is 9.95. The molecular weight excluding hydrogens is 613 g/mol. The average molecular weight is 647 g/mol. The topological polar surface area (TPSA) is 44.0 Å². The number of fused-ring (bicyclic) bond motifs is 4. The minimum atomic E-state index is -0.142. The van der Waals surface area contributed by atoms with Crippen molar-refractivity contribution in [1.82, 2.24) is 9.13 Å². The molecular formula is C46H34N2O2. The van der Waals surface area contributed by atoms with E-state index in [1.54, 1.807) is 6.07 Å². The zero-order chi connectivity index (χ0) is 34.4. The van der Waals surface area contributed by atoms with E-state index in [-0.39, 0.29) is 11.6 Å². The quantitative estimate of drug-likeness (QED) is 0.154. The molecule has 0 saturated heterocycles. The number of ketones is 2. The average Bonchev–Trinajstić information content (AvgIpc) is 3.66. The number of aryl methyl sites for hydroxylation is 1. The Bertz CT molecular complexity index is 2630. The minimum Gasteiger partial charge on any atom is -0.309 e. The summed E-state index contributed by atoms with van der Waals surface area (Å²) in [6.45, 7) is 7.99. The second-order valence-corrected chi connectivity index (χ2v) is 12.6. The highest BCUT2D eigenvalue weighted by Gasteiger charge is 2.19. The van der Waals surface area contributed by atoms with E-state index in [9.17, 15) is 9.59 Å². The summed E-state index contributed by atoms with van der Waals surface area (Å²) in [7, 11) is 0. The predicted octanol–water partition coefficient (Wildman–Crippen LogP) is 11.2. The first kappa shape index (κ1) is 30.8. The molecule has 2 aromatic heterocycles. The minimum absolute atomic E-state index is 0.133. The number of benzene rings is 6. The largest absolute Gasteiger partial charge is 0.309 e. The Balaban J connectivity index is 1.17. The molecule has 0 fully saturated rings. The van der Waals surface area contributed by atoms with Crippen molar-refractivity contribution in [3.63, 3.8) is 0 Å². The van der Waals surface area contributed by atoms with Crippen molar-refractivity contribution in [2.45, 2.75) is 13.8 Å². The maximum Gasteiger partial charge on any atom is 0.193 e. The van der Waals surface area contributed by atoms with Gasteiger partial charge in [0.15, 0.2) is 11.6 Å². The molecule has 0 saturated carbocycles. The smallest absolute Gasteiger partial charge is 0.193 e. The van der Waals surface area contributed by atoms with Gasteiger partial charge >= 0.3 is 0 Å². The number of carbonyl (C=O) groups is 2. The van der Waals surface area contributed by atoms with E-state index < -0.39 is 0 Å². The first-order valence-corrected chi connectivity index (χ1v) is 16.8. The Labute approximate surface area is 290 Å². The lowest BCUT2D eigenvalue weighted by Crippen LogP contribution is -2.08. The van der Waals surface area contributed by atoms with E-state index in [1.165, 1.54) is 0 Å². The van der Waals surface area contributed by atoms with E-state index in [0.29, 0.717) is 22.3 Å². The van der Waals surface area contributed by atoms with E-state index in [0.717, 1.165) is 60.9 Å². The van der Waals surface area contributed by atoms with Crippen molar-refractivity contribution in [3.05, 3.63) is 191 Å². The van der Waals surface area contributed by atoms with Gasteiger partial charge < -0.3 is 9.13 Å². The molecule has 0 N–H and O–H groups in total. The fraction of sp³-hybridized carbons (Fsp3) is 0.0435. The van der Waals surface area contributed by atoms with Crippen LogP contribution >= 0.6 is 0 Å². The highest BCUT2D eigenvalue weighted by molar-refractivity contribution is 6.14. The molecule has 0 aliphatic rings. The lowest BCUT2D eigenvalue weighted by Gasteiger charge is -2.12. The zero-order valence-corrected chi connectivity index (χ0v) is 27.9. The number of hydrogen-bond donors (Lipinski definition) is 0.